The van der Waals surface area contributed by atoms with E-state index in [9.17, 15) is 9.59 Å². The Morgan fingerprint density at radius 1 is 1.00 bits per heavy atom. The van der Waals surface area contributed by atoms with Crippen molar-refractivity contribution in [3.8, 4) is 0 Å². The third kappa shape index (κ3) is 3.12. The van der Waals surface area contributed by atoms with Crippen molar-refractivity contribution in [1.82, 2.24) is 4.90 Å². The molecule has 0 aromatic heterocycles. The third-order valence-corrected chi connectivity index (χ3v) is 4.34. The van der Waals surface area contributed by atoms with Gasteiger partial charge in [-0.15, -0.1) is 0 Å². The number of rotatable bonds is 3. The quantitative estimate of drug-likeness (QED) is 0.796. The summed E-state index contributed by atoms with van der Waals surface area (Å²) in [5, 5.41) is -0.216. The summed E-state index contributed by atoms with van der Waals surface area (Å²) in [6.07, 6.45) is 1.77. The van der Waals surface area contributed by atoms with Crippen molar-refractivity contribution in [2.75, 3.05) is 0 Å². The lowest BCUT2D eigenvalue weighted by atomic mass is 10.1. The summed E-state index contributed by atoms with van der Waals surface area (Å²) in [6, 6.07) is 17.4. The Kier molecular flexibility index (Phi) is 4.11. The fourth-order valence-corrected chi connectivity index (χ4v) is 3.05. The molecule has 1 aliphatic heterocycles. The van der Waals surface area contributed by atoms with E-state index in [0.717, 1.165) is 28.5 Å². The molecule has 0 unspecified atom stereocenters. The van der Waals surface area contributed by atoms with Gasteiger partial charge in [0.15, 0.2) is 0 Å². The number of aryl methyl sites for hydroxylation is 1. The van der Waals surface area contributed by atoms with E-state index in [4.69, 9.17) is 0 Å². The molecule has 0 radical (unpaired) electrons. The maximum Gasteiger partial charge on any atom is 0.293 e. The van der Waals surface area contributed by atoms with Crippen LogP contribution in [0.3, 0.4) is 0 Å². The molecule has 0 spiro atoms. The lowest BCUT2D eigenvalue weighted by molar-refractivity contribution is -0.123. The van der Waals surface area contributed by atoms with Crippen LogP contribution in [0.15, 0.2) is 59.5 Å². The highest BCUT2D eigenvalue weighted by atomic mass is 32.2. The predicted octanol–water partition coefficient (Wildman–Crippen LogP) is 4.23. The molecule has 110 valence electrons. The number of benzene rings is 2. The maximum atomic E-state index is 12.4. The molecule has 4 heteroatoms. The molecule has 2 aromatic carbocycles. The van der Waals surface area contributed by atoms with Crippen molar-refractivity contribution in [1.29, 1.82) is 0 Å². The number of carbonyl (C=O) groups excluding carboxylic acids is 2. The second-order valence-corrected chi connectivity index (χ2v) is 6.16. The average molecular weight is 309 g/mol. The van der Waals surface area contributed by atoms with Gasteiger partial charge in [-0.25, -0.2) is 0 Å². The molecule has 0 N–H and O–H groups in total. The van der Waals surface area contributed by atoms with E-state index in [0.29, 0.717) is 11.4 Å². The first-order valence-corrected chi connectivity index (χ1v) is 7.81. The average Bonchev–Trinajstić information content (AvgIpc) is 2.78. The lowest BCUT2D eigenvalue weighted by Crippen LogP contribution is -2.27. The summed E-state index contributed by atoms with van der Waals surface area (Å²) in [5.41, 5.74) is 3.03. The number of amides is 2. The topological polar surface area (TPSA) is 37.4 Å². The molecule has 1 aliphatic rings. The molecule has 3 rings (SSSR count). The second-order valence-electron chi connectivity index (χ2n) is 5.16. The van der Waals surface area contributed by atoms with Crippen molar-refractivity contribution in [2.45, 2.75) is 13.5 Å². The van der Waals surface area contributed by atoms with E-state index in [-0.39, 0.29) is 11.1 Å². The maximum absolute atomic E-state index is 12.4. The van der Waals surface area contributed by atoms with Gasteiger partial charge in [-0.1, -0.05) is 60.2 Å². The summed E-state index contributed by atoms with van der Waals surface area (Å²) in [6.45, 7) is 2.33. The first-order chi connectivity index (χ1) is 10.6. The smallest absolute Gasteiger partial charge is 0.268 e. The first-order valence-electron chi connectivity index (χ1n) is 6.99. The van der Waals surface area contributed by atoms with E-state index in [1.807, 2.05) is 61.5 Å². The van der Waals surface area contributed by atoms with Gasteiger partial charge < -0.3 is 0 Å². The summed E-state index contributed by atoms with van der Waals surface area (Å²) in [4.78, 5) is 26.2. The van der Waals surface area contributed by atoms with E-state index < -0.39 is 0 Å². The molecule has 0 atom stereocenters. The highest BCUT2D eigenvalue weighted by Gasteiger charge is 2.34. The Morgan fingerprint density at radius 2 is 1.68 bits per heavy atom. The zero-order chi connectivity index (χ0) is 15.5. The molecular formula is C18H15NO2S. The standard InChI is InChI=1S/C18H15NO2S/c1-13-7-9-14(10-8-13)11-16-17(20)19(18(21)22-16)12-15-5-3-2-4-6-15/h2-11H,12H2,1H3. The molecule has 1 saturated heterocycles. The molecule has 0 aliphatic carbocycles. The minimum atomic E-state index is -0.223. The highest BCUT2D eigenvalue weighted by molar-refractivity contribution is 8.18. The molecule has 2 amide bonds. The van der Waals surface area contributed by atoms with E-state index in [2.05, 4.69) is 0 Å². The van der Waals surface area contributed by atoms with Crippen LogP contribution in [-0.4, -0.2) is 16.0 Å². The molecule has 1 heterocycles. The molecule has 0 saturated carbocycles. The van der Waals surface area contributed by atoms with Gasteiger partial charge in [0, 0.05) is 0 Å². The predicted molar refractivity (Wildman–Crippen MR) is 89.1 cm³/mol. The highest BCUT2D eigenvalue weighted by Crippen LogP contribution is 2.33. The largest absolute Gasteiger partial charge is 0.293 e. The molecule has 1 fully saturated rings. The Labute approximate surface area is 133 Å². The molecular weight excluding hydrogens is 294 g/mol. The summed E-state index contributed by atoms with van der Waals surface area (Å²) in [7, 11) is 0. The van der Waals surface area contributed by atoms with E-state index in [1.165, 1.54) is 4.90 Å². The van der Waals surface area contributed by atoms with Crippen LogP contribution in [-0.2, 0) is 11.3 Å². The molecule has 0 bridgehead atoms. The Balaban J connectivity index is 1.80. The van der Waals surface area contributed by atoms with Crippen LogP contribution in [0.2, 0.25) is 0 Å². The zero-order valence-corrected chi connectivity index (χ0v) is 13.0. The van der Waals surface area contributed by atoms with Crippen LogP contribution in [0.25, 0.3) is 6.08 Å². The minimum Gasteiger partial charge on any atom is -0.268 e. The molecule has 3 nitrogen and oxygen atoms in total. The Hall–Kier alpha value is -2.33. The van der Waals surface area contributed by atoms with Crippen LogP contribution in [0.5, 0.6) is 0 Å². The third-order valence-electron chi connectivity index (χ3n) is 3.43. The fourth-order valence-electron chi connectivity index (χ4n) is 2.22. The number of carbonyl (C=O) groups is 2. The lowest BCUT2D eigenvalue weighted by Gasteiger charge is -2.12. The second kappa shape index (κ2) is 6.20. The number of hydrogen-bond acceptors (Lipinski definition) is 3. The number of imide groups is 1. The van der Waals surface area contributed by atoms with Crippen molar-refractivity contribution < 1.29 is 9.59 Å². The monoisotopic (exact) mass is 309 g/mol. The summed E-state index contributed by atoms with van der Waals surface area (Å²) in [5.74, 6) is -0.223. The first kappa shape index (κ1) is 14.6. The van der Waals surface area contributed by atoms with Crippen molar-refractivity contribution >= 4 is 29.0 Å². The van der Waals surface area contributed by atoms with Crippen LogP contribution >= 0.6 is 11.8 Å². The van der Waals surface area contributed by atoms with Gasteiger partial charge in [0.1, 0.15) is 0 Å². The zero-order valence-electron chi connectivity index (χ0n) is 12.2. The van der Waals surface area contributed by atoms with Crippen LogP contribution in [0, 0.1) is 6.92 Å². The van der Waals surface area contributed by atoms with Gasteiger partial charge in [0.2, 0.25) is 0 Å². The van der Waals surface area contributed by atoms with Gasteiger partial charge in [0.25, 0.3) is 11.1 Å². The van der Waals surface area contributed by atoms with Crippen molar-refractivity contribution in [3.63, 3.8) is 0 Å². The Morgan fingerprint density at radius 3 is 2.36 bits per heavy atom. The van der Waals surface area contributed by atoms with Gasteiger partial charge in [-0.05, 0) is 35.9 Å². The van der Waals surface area contributed by atoms with Gasteiger partial charge >= 0.3 is 0 Å². The minimum absolute atomic E-state index is 0.216. The van der Waals surface area contributed by atoms with Crippen LogP contribution in [0.1, 0.15) is 16.7 Å². The number of hydrogen-bond donors (Lipinski definition) is 0. The van der Waals surface area contributed by atoms with Crippen LogP contribution < -0.4 is 0 Å². The molecule has 2 aromatic rings. The Bertz CT molecular complexity index is 735. The van der Waals surface area contributed by atoms with E-state index >= 15 is 0 Å². The van der Waals surface area contributed by atoms with E-state index in [1.54, 1.807) is 6.08 Å². The fraction of sp³-hybridized carbons (Fsp3) is 0.111. The number of thioether (sulfide) groups is 1. The summed E-state index contributed by atoms with van der Waals surface area (Å²) >= 11 is 0.999. The SMILES string of the molecule is Cc1ccc(C=C2SC(=O)N(Cc3ccccc3)C2=O)cc1. The summed E-state index contributed by atoms with van der Waals surface area (Å²) < 4.78 is 0. The normalized spacial score (nSPS) is 16.6. The molecule has 22 heavy (non-hydrogen) atoms. The van der Waals surface area contributed by atoms with Crippen LogP contribution in [0.4, 0.5) is 4.79 Å². The van der Waals surface area contributed by atoms with Gasteiger partial charge in [-0.2, -0.15) is 0 Å². The van der Waals surface area contributed by atoms with Crippen molar-refractivity contribution in [3.05, 3.63) is 76.2 Å². The van der Waals surface area contributed by atoms with Crippen molar-refractivity contribution in [2.24, 2.45) is 0 Å². The number of nitrogens with zero attached hydrogens (tertiary/aromatic N) is 1. The van der Waals surface area contributed by atoms with Gasteiger partial charge in [-0.3, -0.25) is 14.5 Å². The van der Waals surface area contributed by atoms with Gasteiger partial charge in [0.05, 0.1) is 11.4 Å².